The molecule has 2 rings (SSSR count). The molecule has 0 saturated carbocycles. The number of H-pyrrole nitrogens is 1. The van der Waals surface area contributed by atoms with Crippen LogP contribution < -0.4 is 4.90 Å². The lowest BCUT2D eigenvalue weighted by Gasteiger charge is -1.91. The van der Waals surface area contributed by atoms with Crippen LogP contribution in [0.5, 0.6) is 0 Å². The van der Waals surface area contributed by atoms with Gasteiger partial charge >= 0.3 is 0 Å². The van der Waals surface area contributed by atoms with Crippen LogP contribution in [0.15, 0.2) is 12.3 Å². The van der Waals surface area contributed by atoms with Gasteiger partial charge < -0.3 is 4.90 Å². The number of rotatable bonds is 1. The maximum Gasteiger partial charge on any atom is 0.124 e. The van der Waals surface area contributed by atoms with Gasteiger partial charge in [-0.05, 0) is 0 Å². The molecule has 1 aromatic rings. The highest BCUT2D eigenvalue weighted by molar-refractivity contribution is 5.42. The van der Waals surface area contributed by atoms with E-state index in [1.807, 2.05) is 6.07 Å². The largest absolute Gasteiger partial charge is 0.353 e. The van der Waals surface area contributed by atoms with Crippen LogP contribution in [0.2, 0.25) is 0 Å². The van der Waals surface area contributed by atoms with Gasteiger partial charge in [-0.15, -0.1) is 0 Å². The fourth-order valence-electron chi connectivity index (χ4n) is 0.716. The number of hydrogen-bond acceptors (Lipinski definition) is 2. The second kappa shape index (κ2) is 1.24. The zero-order chi connectivity index (χ0) is 5.40. The van der Waals surface area contributed by atoms with Gasteiger partial charge in [-0.1, -0.05) is 0 Å². The quantitative estimate of drug-likeness (QED) is 0.523. The Morgan fingerprint density at radius 1 is 1.62 bits per heavy atom. The van der Waals surface area contributed by atoms with E-state index in [2.05, 4.69) is 15.1 Å². The number of aromatic amines is 1. The molecule has 0 aliphatic carbocycles. The van der Waals surface area contributed by atoms with Gasteiger partial charge in [0.15, 0.2) is 0 Å². The van der Waals surface area contributed by atoms with E-state index in [1.165, 1.54) is 13.1 Å². The first-order chi connectivity index (χ1) is 3.97. The van der Waals surface area contributed by atoms with E-state index in [0.717, 1.165) is 5.82 Å². The third kappa shape index (κ3) is 0.476. The average molecular weight is 109 g/mol. The standard InChI is InChI=1S/C5H7N3/c1-2-6-7-5(1)8-3-4-8/h1-2H,3-4H2,(H,6,7). The molecule has 0 unspecified atom stereocenters. The van der Waals surface area contributed by atoms with Crippen molar-refractivity contribution in [2.24, 2.45) is 0 Å². The molecule has 0 radical (unpaired) electrons. The van der Waals surface area contributed by atoms with Gasteiger partial charge in [0.1, 0.15) is 5.82 Å². The molecule has 0 aromatic carbocycles. The molecule has 1 aromatic heterocycles. The van der Waals surface area contributed by atoms with Crippen molar-refractivity contribution >= 4 is 5.82 Å². The zero-order valence-electron chi connectivity index (χ0n) is 4.46. The summed E-state index contributed by atoms with van der Waals surface area (Å²) < 4.78 is 0. The molecule has 2 heterocycles. The van der Waals surface area contributed by atoms with E-state index in [4.69, 9.17) is 0 Å². The maximum atomic E-state index is 3.82. The van der Waals surface area contributed by atoms with Gasteiger partial charge in [0.25, 0.3) is 0 Å². The Morgan fingerprint density at radius 2 is 2.50 bits per heavy atom. The molecule has 42 valence electrons. The number of anilines is 1. The lowest BCUT2D eigenvalue weighted by atomic mass is 10.6. The molecular formula is C5H7N3. The normalized spacial score (nSPS) is 16.8. The Hall–Kier alpha value is -0.990. The minimum absolute atomic E-state index is 1.14. The summed E-state index contributed by atoms with van der Waals surface area (Å²) in [5.74, 6) is 1.14. The van der Waals surface area contributed by atoms with Crippen LogP contribution >= 0.6 is 0 Å². The highest BCUT2D eigenvalue weighted by Crippen LogP contribution is 2.15. The summed E-state index contributed by atoms with van der Waals surface area (Å²) in [5.41, 5.74) is 0. The minimum atomic E-state index is 1.14. The van der Waals surface area contributed by atoms with Gasteiger partial charge in [-0.2, -0.15) is 5.10 Å². The van der Waals surface area contributed by atoms with Crippen LogP contribution in [-0.2, 0) is 0 Å². The first kappa shape index (κ1) is 3.95. The number of nitrogens with zero attached hydrogens (tertiary/aromatic N) is 2. The molecule has 1 fully saturated rings. The van der Waals surface area contributed by atoms with Crippen LogP contribution in [-0.4, -0.2) is 23.3 Å². The minimum Gasteiger partial charge on any atom is -0.353 e. The van der Waals surface area contributed by atoms with Crippen molar-refractivity contribution in [3.05, 3.63) is 12.3 Å². The van der Waals surface area contributed by atoms with E-state index in [1.54, 1.807) is 6.20 Å². The van der Waals surface area contributed by atoms with Crippen molar-refractivity contribution in [1.29, 1.82) is 0 Å². The Kier molecular flexibility index (Phi) is 0.614. The summed E-state index contributed by atoms with van der Waals surface area (Å²) in [4.78, 5) is 2.22. The Balaban J connectivity index is 2.28. The molecule has 3 nitrogen and oxygen atoms in total. The molecule has 1 aliphatic heterocycles. The van der Waals surface area contributed by atoms with Crippen molar-refractivity contribution in [2.75, 3.05) is 18.0 Å². The highest BCUT2D eigenvalue weighted by atomic mass is 15.3. The Bertz CT molecular complexity index is 164. The number of nitrogens with one attached hydrogen (secondary N) is 1. The van der Waals surface area contributed by atoms with E-state index >= 15 is 0 Å². The van der Waals surface area contributed by atoms with Crippen LogP contribution in [0, 0.1) is 0 Å². The third-order valence-corrected chi connectivity index (χ3v) is 1.27. The predicted octanol–water partition coefficient (Wildman–Crippen LogP) is 0.230. The topological polar surface area (TPSA) is 31.7 Å². The van der Waals surface area contributed by atoms with Gasteiger partial charge in [0.2, 0.25) is 0 Å². The second-order valence-electron chi connectivity index (χ2n) is 1.93. The van der Waals surface area contributed by atoms with Crippen LogP contribution in [0.1, 0.15) is 0 Å². The van der Waals surface area contributed by atoms with E-state index in [9.17, 15) is 0 Å². The van der Waals surface area contributed by atoms with Crippen molar-refractivity contribution in [1.82, 2.24) is 10.2 Å². The van der Waals surface area contributed by atoms with Crippen molar-refractivity contribution in [2.45, 2.75) is 0 Å². The SMILES string of the molecule is c1cc(N2CC2)[nH]n1. The smallest absolute Gasteiger partial charge is 0.124 e. The lowest BCUT2D eigenvalue weighted by Crippen LogP contribution is -1.89. The number of aromatic nitrogens is 2. The molecule has 0 spiro atoms. The predicted molar refractivity (Wildman–Crippen MR) is 30.8 cm³/mol. The molecule has 1 aliphatic rings. The van der Waals surface area contributed by atoms with Crippen LogP contribution in [0.4, 0.5) is 5.82 Å². The van der Waals surface area contributed by atoms with Crippen LogP contribution in [0.25, 0.3) is 0 Å². The van der Waals surface area contributed by atoms with Gasteiger partial charge in [0.05, 0.1) is 6.20 Å². The molecule has 8 heavy (non-hydrogen) atoms. The first-order valence-corrected chi connectivity index (χ1v) is 2.71. The molecule has 0 amide bonds. The monoisotopic (exact) mass is 109 g/mol. The van der Waals surface area contributed by atoms with E-state index in [-0.39, 0.29) is 0 Å². The Labute approximate surface area is 47.3 Å². The Morgan fingerprint density at radius 3 is 3.00 bits per heavy atom. The van der Waals surface area contributed by atoms with Gasteiger partial charge in [-0.25, -0.2) is 0 Å². The summed E-state index contributed by atoms with van der Waals surface area (Å²) in [6, 6.07) is 1.98. The van der Waals surface area contributed by atoms with Crippen molar-refractivity contribution < 1.29 is 0 Å². The van der Waals surface area contributed by atoms with Crippen LogP contribution in [0.3, 0.4) is 0 Å². The zero-order valence-corrected chi connectivity index (χ0v) is 4.46. The molecule has 0 bridgehead atoms. The van der Waals surface area contributed by atoms with E-state index < -0.39 is 0 Å². The average Bonchev–Trinajstić information content (AvgIpc) is 2.49. The second-order valence-corrected chi connectivity index (χ2v) is 1.93. The molecule has 3 heteroatoms. The maximum absolute atomic E-state index is 3.82. The fourth-order valence-corrected chi connectivity index (χ4v) is 0.716. The van der Waals surface area contributed by atoms with E-state index in [0.29, 0.717) is 0 Å². The first-order valence-electron chi connectivity index (χ1n) is 2.71. The molecular weight excluding hydrogens is 102 g/mol. The summed E-state index contributed by atoms with van der Waals surface area (Å²) in [6.07, 6.45) is 1.77. The van der Waals surface area contributed by atoms with Crippen molar-refractivity contribution in [3.63, 3.8) is 0 Å². The highest BCUT2D eigenvalue weighted by Gasteiger charge is 2.17. The summed E-state index contributed by atoms with van der Waals surface area (Å²) in [7, 11) is 0. The lowest BCUT2D eigenvalue weighted by molar-refractivity contribution is 1.07. The third-order valence-electron chi connectivity index (χ3n) is 1.27. The molecule has 0 atom stereocenters. The summed E-state index contributed by atoms with van der Waals surface area (Å²) in [6.45, 7) is 2.37. The fraction of sp³-hybridized carbons (Fsp3) is 0.400. The van der Waals surface area contributed by atoms with Crippen molar-refractivity contribution in [3.8, 4) is 0 Å². The summed E-state index contributed by atoms with van der Waals surface area (Å²) in [5, 5.41) is 6.69. The molecule has 1 saturated heterocycles. The van der Waals surface area contributed by atoms with Gasteiger partial charge in [-0.3, -0.25) is 5.10 Å². The van der Waals surface area contributed by atoms with Gasteiger partial charge in [0, 0.05) is 19.2 Å². The summed E-state index contributed by atoms with van der Waals surface area (Å²) >= 11 is 0. The molecule has 1 N–H and O–H groups in total. The number of hydrogen-bond donors (Lipinski definition) is 1.